The summed E-state index contributed by atoms with van der Waals surface area (Å²) in [6.07, 6.45) is 1.56. The molecule has 1 aliphatic heterocycles. The number of benzene rings is 3. The Bertz CT molecular complexity index is 1180. The lowest BCUT2D eigenvalue weighted by molar-refractivity contribution is 0.0733. The molecule has 144 valence electrons. The van der Waals surface area contributed by atoms with E-state index in [1.54, 1.807) is 48.5 Å². The van der Waals surface area contributed by atoms with Crippen molar-refractivity contribution in [2.24, 2.45) is 0 Å². The van der Waals surface area contributed by atoms with Gasteiger partial charge < -0.3 is 9.47 Å². The number of allylic oxidation sites excluding steroid dienone is 1. The quantitative estimate of drug-likeness (QED) is 0.288. The highest BCUT2D eigenvalue weighted by molar-refractivity contribution is 6.35. The first-order valence-electron chi connectivity index (χ1n) is 8.73. The molecular formula is C23H14Cl2O4. The zero-order valence-corrected chi connectivity index (χ0v) is 16.8. The molecule has 1 aliphatic rings. The van der Waals surface area contributed by atoms with Gasteiger partial charge in [0.1, 0.15) is 11.5 Å². The van der Waals surface area contributed by atoms with Gasteiger partial charge in [-0.1, -0.05) is 47.5 Å². The van der Waals surface area contributed by atoms with Crippen LogP contribution in [0.2, 0.25) is 10.0 Å². The SMILES string of the molecule is Cc1ccccc1C(=O)Oc1ccc2c(c1)OC(=Cc1ccc(Cl)cc1Cl)C2=O. The number of carbonyl (C=O) groups excluding carboxylic acids is 2. The summed E-state index contributed by atoms with van der Waals surface area (Å²) in [5.74, 6) is -0.0116. The number of rotatable bonds is 3. The predicted octanol–water partition coefficient (Wildman–Crippen LogP) is 6.14. The third-order valence-corrected chi connectivity index (χ3v) is 5.03. The van der Waals surface area contributed by atoms with Crippen molar-refractivity contribution in [1.82, 2.24) is 0 Å². The fraction of sp³-hybridized carbons (Fsp3) is 0.0435. The molecule has 0 unspecified atom stereocenters. The number of ketones is 1. The Morgan fingerprint density at radius 3 is 2.59 bits per heavy atom. The zero-order chi connectivity index (χ0) is 20.5. The molecule has 0 amide bonds. The lowest BCUT2D eigenvalue weighted by Gasteiger charge is -2.07. The number of Topliss-reactive ketones (excluding diaryl/α,β-unsaturated/α-hetero) is 1. The van der Waals surface area contributed by atoms with Crippen molar-refractivity contribution >= 4 is 41.0 Å². The van der Waals surface area contributed by atoms with Crippen molar-refractivity contribution in [3.05, 3.63) is 98.7 Å². The minimum absolute atomic E-state index is 0.131. The van der Waals surface area contributed by atoms with Crippen LogP contribution in [0.3, 0.4) is 0 Å². The Labute approximate surface area is 177 Å². The molecule has 29 heavy (non-hydrogen) atoms. The van der Waals surface area contributed by atoms with Crippen LogP contribution in [0.5, 0.6) is 11.5 Å². The van der Waals surface area contributed by atoms with E-state index in [0.717, 1.165) is 5.56 Å². The Hall–Kier alpha value is -3.08. The smallest absolute Gasteiger partial charge is 0.343 e. The molecule has 4 nitrogen and oxygen atoms in total. The maximum Gasteiger partial charge on any atom is 0.343 e. The Morgan fingerprint density at radius 1 is 1.03 bits per heavy atom. The van der Waals surface area contributed by atoms with Crippen LogP contribution in [0.4, 0.5) is 0 Å². The van der Waals surface area contributed by atoms with E-state index in [9.17, 15) is 9.59 Å². The molecule has 0 bridgehead atoms. The molecule has 0 N–H and O–H groups in total. The molecule has 6 heteroatoms. The molecule has 3 aromatic rings. The number of hydrogen-bond acceptors (Lipinski definition) is 4. The molecule has 3 aromatic carbocycles. The highest BCUT2D eigenvalue weighted by atomic mass is 35.5. The van der Waals surface area contributed by atoms with E-state index >= 15 is 0 Å². The molecule has 0 fully saturated rings. The van der Waals surface area contributed by atoms with Crippen molar-refractivity contribution in [3.8, 4) is 11.5 Å². The summed E-state index contributed by atoms with van der Waals surface area (Å²) in [4.78, 5) is 25.0. The average Bonchev–Trinajstić information content (AvgIpc) is 2.99. The molecule has 0 saturated heterocycles. The van der Waals surface area contributed by atoms with Crippen LogP contribution < -0.4 is 9.47 Å². The first-order chi connectivity index (χ1) is 13.9. The molecule has 0 atom stereocenters. The van der Waals surface area contributed by atoms with E-state index in [1.165, 1.54) is 6.07 Å². The zero-order valence-electron chi connectivity index (χ0n) is 15.2. The van der Waals surface area contributed by atoms with Crippen LogP contribution in [0.1, 0.15) is 31.8 Å². The molecule has 0 aromatic heterocycles. The number of esters is 1. The van der Waals surface area contributed by atoms with Crippen LogP contribution in [-0.2, 0) is 0 Å². The van der Waals surface area contributed by atoms with Gasteiger partial charge in [-0.15, -0.1) is 0 Å². The second kappa shape index (κ2) is 7.74. The third kappa shape index (κ3) is 3.90. The van der Waals surface area contributed by atoms with Crippen molar-refractivity contribution in [3.63, 3.8) is 0 Å². The second-order valence-corrected chi connectivity index (χ2v) is 7.31. The Kier molecular flexibility index (Phi) is 5.14. The van der Waals surface area contributed by atoms with Crippen molar-refractivity contribution in [2.45, 2.75) is 6.92 Å². The number of halogens is 2. The standard InChI is InChI=1S/C23H14Cl2O4/c1-13-4-2-3-5-17(13)23(27)28-16-8-9-18-20(12-16)29-21(22(18)26)10-14-6-7-15(24)11-19(14)25/h2-12H,1H3. The lowest BCUT2D eigenvalue weighted by Crippen LogP contribution is -2.10. The van der Waals surface area contributed by atoms with Gasteiger partial charge in [0.05, 0.1) is 11.1 Å². The van der Waals surface area contributed by atoms with Gasteiger partial charge in [-0.05, 0) is 54.5 Å². The lowest BCUT2D eigenvalue weighted by atomic mass is 10.1. The van der Waals surface area contributed by atoms with Gasteiger partial charge >= 0.3 is 5.97 Å². The third-order valence-electron chi connectivity index (χ3n) is 4.47. The maximum absolute atomic E-state index is 12.6. The first kappa shape index (κ1) is 19.2. The predicted molar refractivity (Wildman–Crippen MR) is 112 cm³/mol. The van der Waals surface area contributed by atoms with Crippen LogP contribution in [0.25, 0.3) is 6.08 Å². The van der Waals surface area contributed by atoms with Gasteiger partial charge in [0.25, 0.3) is 0 Å². The van der Waals surface area contributed by atoms with E-state index < -0.39 is 5.97 Å². The van der Waals surface area contributed by atoms with Crippen LogP contribution in [0.15, 0.2) is 66.4 Å². The van der Waals surface area contributed by atoms with Crippen LogP contribution in [-0.4, -0.2) is 11.8 Å². The number of fused-ring (bicyclic) bond motifs is 1. The van der Waals surface area contributed by atoms with E-state index in [4.69, 9.17) is 32.7 Å². The summed E-state index contributed by atoms with van der Waals surface area (Å²) < 4.78 is 11.1. The molecule has 0 aliphatic carbocycles. The summed E-state index contributed by atoms with van der Waals surface area (Å²) in [6, 6.07) is 16.8. The summed E-state index contributed by atoms with van der Waals surface area (Å²) >= 11 is 12.1. The monoisotopic (exact) mass is 424 g/mol. The van der Waals surface area contributed by atoms with E-state index in [0.29, 0.717) is 32.5 Å². The average molecular weight is 425 g/mol. The Balaban J connectivity index is 1.58. The highest BCUT2D eigenvalue weighted by Gasteiger charge is 2.28. The van der Waals surface area contributed by atoms with Crippen LogP contribution in [0, 0.1) is 6.92 Å². The van der Waals surface area contributed by atoms with Gasteiger partial charge in [0.15, 0.2) is 5.76 Å². The minimum atomic E-state index is -0.476. The van der Waals surface area contributed by atoms with E-state index in [1.807, 2.05) is 19.1 Å². The highest BCUT2D eigenvalue weighted by Crippen LogP contribution is 2.36. The molecule has 1 heterocycles. The molecule has 0 saturated carbocycles. The van der Waals surface area contributed by atoms with Crippen molar-refractivity contribution in [2.75, 3.05) is 0 Å². The van der Waals surface area contributed by atoms with E-state index in [-0.39, 0.29) is 17.3 Å². The number of carbonyl (C=O) groups is 2. The molecule has 4 rings (SSSR count). The minimum Gasteiger partial charge on any atom is -0.452 e. The van der Waals surface area contributed by atoms with Crippen LogP contribution >= 0.6 is 23.2 Å². The van der Waals surface area contributed by atoms with Gasteiger partial charge in [0, 0.05) is 16.1 Å². The van der Waals surface area contributed by atoms with Crippen molar-refractivity contribution in [1.29, 1.82) is 0 Å². The fourth-order valence-corrected chi connectivity index (χ4v) is 3.42. The topological polar surface area (TPSA) is 52.6 Å². The fourth-order valence-electron chi connectivity index (χ4n) is 2.95. The second-order valence-electron chi connectivity index (χ2n) is 6.47. The van der Waals surface area contributed by atoms with Crippen molar-refractivity contribution < 1.29 is 19.1 Å². The number of hydrogen-bond donors (Lipinski definition) is 0. The normalized spacial score (nSPS) is 13.9. The first-order valence-corrected chi connectivity index (χ1v) is 9.49. The van der Waals surface area contributed by atoms with Gasteiger partial charge in [0.2, 0.25) is 5.78 Å². The molecule has 0 radical (unpaired) electrons. The summed E-state index contributed by atoms with van der Waals surface area (Å²) in [5, 5.41) is 0.907. The summed E-state index contributed by atoms with van der Waals surface area (Å²) in [7, 11) is 0. The number of aryl methyl sites for hydroxylation is 1. The van der Waals surface area contributed by atoms with E-state index in [2.05, 4.69) is 0 Å². The summed E-state index contributed by atoms with van der Waals surface area (Å²) in [5.41, 5.74) is 2.29. The number of ether oxygens (including phenoxy) is 2. The van der Waals surface area contributed by atoms with Gasteiger partial charge in [-0.25, -0.2) is 4.79 Å². The molecule has 0 spiro atoms. The van der Waals surface area contributed by atoms with Gasteiger partial charge in [-0.3, -0.25) is 4.79 Å². The largest absolute Gasteiger partial charge is 0.452 e. The summed E-state index contributed by atoms with van der Waals surface area (Å²) in [6.45, 7) is 1.83. The van der Waals surface area contributed by atoms with Gasteiger partial charge in [-0.2, -0.15) is 0 Å². The maximum atomic E-state index is 12.6. The Morgan fingerprint density at radius 2 is 1.83 bits per heavy atom. The molecular weight excluding hydrogens is 411 g/mol.